The molecule has 3 rings (SSSR count). The summed E-state index contributed by atoms with van der Waals surface area (Å²) in [5, 5.41) is 3.48. The number of methoxy groups -OCH3 is 2. The number of rotatable bonds is 9. The number of nitrogens with two attached hydrogens (primary N) is 1. The van der Waals surface area contributed by atoms with Crippen LogP contribution in [0, 0.1) is 6.92 Å². The molecule has 186 valence electrons. The number of carbonyl (C=O) groups is 2. The summed E-state index contributed by atoms with van der Waals surface area (Å²) in [5.41, 5.74) is 7.55. The first-order valence-corrected chi connectivity index (χ1v) is 11.1. The lowest BCUT2D eigenvalue weighted by Crippen LogP contribution is -2.47. The van der Waals surface area contributed by atoms with Gasteiger partial charge in [0, 0.05) is 11.6 Å². The third-order valence-corrected chi connectivity index (χ3v) is 5.33. The minimum Gasteiger partial charge on any atom is -0.497 e. The van der Waals surface area contributed by atoms with Gasteiger partial charge in [0.25, 0.3) is 5.91 Å². The molecule has 1 amide bonds. The molecule has 0 saturated carbocycles. The lowest BCUT2D eigenvalue weighted by molar-refractivity contribution is 0.0526. The smallest absolute Gasteiger partial charge is 0.342 e. The van der Waals surface area contributed by atoms with E-state index in [1.165, 1.54) is 14.2 Å². The summed E-state index contributed by atoms with van der Waals surface area (Å²) >= 11 is 0. The fourth-order valence-corrected chi connectivity index (χ4v) is 3.63. The molecule has 3 aromatic rings. The number of amides is 1. The van der Waals surface area contributed by atoms with Crippen LogP contribution in [-0.4, -0.2) is 49.8 Å². The predicted molar refractivity (Wildman–Crippen MR) is 133 cm³/mol. The van der Waals surface area contributed by atoms with Crippen LogP contribution >= 0.6 is 0 Å². The average molecular weight is 482 g/mol. The van der Waals surface area contributed by atoms with Crippen molar-refractivity contribution in [2.24, 2.45) is 0 Å². The second kappa shape index (κ2) is 10.5. The van der Waals surface area contributed by atoms with Crippen LogP contribution < -0.4 is 25.3 Å². The summed E-state index contributed by atoms with van der Waals surface area (Å²) in [4.78, 5) is 29.9. The third kappa shape index (κ3) is 5.74. The van der Waals surface area contributed by atoms with Gasteiger partial charge in [-0.2, -0.15) is 0 Å². The lowest BCUT2D eigenvalue weighted by Gasteiger charge is -2.27. The summed E-state index contributed by atoms with van der Waals surface area (Å²) in [5.74, 6) is 0.622. The highest BCUT2D eigenvalue weighted by Crippen LogP contribution is 2.34. The van der Waals surface area contributed by atoms with E-state index in [2.05, 4.69) is 10.3 Å². The van der Waals surface area contributed by atoms with Gasteiger partial charge in [-0.1, -0.05) is 6.07 Å². The number of anilines is 1. The van der Waals surface area contributed by atoms with Crippen LogP contribution in [-0.2, 0) is 4.74 Å². The maximum Gasteiger partial charge on any atom is 0.342 e. The molecule has 0 aliphatic rings. The van der Waals surface area contributed by atoms with Crippen LogP contribution in [0.15, 0.2) is 36.4 Å². The van der Waals surface area contributed by atoms with Crippen molar-refractivity contribution in [3.05, 3.63) is 53.2 Å². The number of aryl methyl sites for hydroxylation is 1. The van der Waals surface area contributed by atoms with E-state index in [1.807, 2.05) is 13.8 Å². The number of hydrogen-bond acceptors (Lipinski definition) is 8. The van der Waals surface area contributed by atoms with Gasteiger partial charge in [0.15, 0.2) is 0 Å². The first-order chi connectivity index (χ1) is 16.6. The number of carbonyl (C=O) groups excluding carboxylic acids is 2. The fraction of sp³-hybridized carbons (Fsp3) is 0.346. The molecular formula is C26H31N3O6. The number of esters is 1. The van der Waals surface area contributed by atoms with Crippen molar-refractivity contribution in [1.82, 2.24) is 10.3 Å². The number of nitrogens with one attached hydrogen (secondary N) is 1. The molecule has 3 N–H and O–H groups in total. The molecule has 1 heterocycles. The van der Waals surface area contributed by atoms with Crippen LogP contribution in [0.3, 0.4) is 0 Å². The van der Waals surface area contributed by atoms with E-state index in [-0.39, 0.29) is 30.4 Å². The van der Waals surface area contributed by atoms with E-state index in [1.54, 1.807) is 50.2 Å². The van der Waals surface area contributed by atoms with Crippen molar-refractivity contribution in [3.63, 3.8) is 0 Å². The molecule has 0 saturated heterocycles. The van der Waals surface area contributed by atoms with Crippen LogP contribution in [0.25, 0.3) is 10.9 Å². The zero-order valence-corrected chi connectivity index (χ0v) is 20.9. The summed E-state index contributed by atoms with van der Waals surface area (Å²) in [7, 11) is 3.04. The SMILES string of the molecule is CCOC(=O)c1c(C)nc2cccc(OCC(C)(C)NC(=O)c3cc(OC)cc(OC)c3)c2c1N. The minimum atomic E-state index is -0.758. The Labute approximate surface area is 204 Å². The molecular weight excluding hydrogens is 450 g/mol. The molecule has 2 aromatic carbocycles. The summed E-state index contributed by atoms with van der Waals surface area (Å²) < 4.78 is 21.7. The molecule has 0 spiro atoms. The minimum absolute atomic E-state index is 0.126. The molecule has 1 aromatic heterocycles. The zero-order chi connectivity index (χ0) is 25.8. The number of benzene rings is 2. The van der Waals surface area contributed by atoms with Gasteiger partial charge in [-0.15, -0.1) is 0 Å². The van der Waals surface area contributed by atoms with E-state index in [9.17, 15) is 9.59 Å². The van der Waals surface area contributed by atoms with Crippen LogP contribution in [0.2, 0.25) is 0 Å². The molecule has 0 aliphatic carbocycles. The predicted octanol–water partition coefficient (Wildman–Crippen LogP) is 3.91. The van der Waals surface area contributed by atoms with Gasteiger partial charge in [0.1, 0.15) is 29.4 Å². The van der Waals surface area contributed by atoms with Crippen molar-refractivity contribution >= 4 is 28.5 Å². The van der Waals surface area contributed by atoms with Crippen LogP contribution in [0.4, 0.5) is 5.69 Å². The number of nitrogen functional groups attached to an aromatic ring is 1. The zero-order valence-electron chi connectivity index (χ0n) is 20.9. The Morgan fingerprint density at radius 1 is 1.09 bits per heavy atom. The van der Waals surface area contributed by atoms with Gasteiger partial charge in [-0.25, -0.2) is 4.79 Å². The second-order valence-corrected chi connectivity index (χ2v) is 8.58. The van der Waals surface area contributed by atoms with Crippen molar-refractivity contribution in [2.45, 2.75) is 33.2 Å². The number of nitrogens with zero attached hydrogens (tertiary/aromatic N) is 1. The fourth-order valence-electron chi connectivity index (χ4n) is 3.63. The van der Waals surface area contributed by atoms with E-state index in [4.69, 9.17) is 24.7 Å². The van der Waals surface area contributed by atoms with Crippen molar-refractivity contribution < 1.29 is 28.5 Å². The summed E-state index contributed by atoms with van der Waals surface area (Å²) in [6.45, 7) is 7.46. The maximum atomic E-state index is 12.9. The van der Waals surface area contributed by atoms with Crippen molar-refractivity contribution in [3.8, 4) is 17.2 Å². The van der Waals surface area contributed by atoms with E-state index >= 15 is 0 Å². The molecule has 0 unspecified atom stereocenters. The van der Waals surface area contributed by atoms with Gasteiger partial charge in [-0.3, -0.25) is 9.78 Å². The quantitative estimate of drug-likeness (QED) is 0.441. The Kier molecular flexibility index (Phi) is 7.68. The number of aromatic nitrogens is 1. The number of hydrogen-bond donors (Lipinski definition) is 2. The standard InChI is InChI=1S/C26H31N3O6/c1-7-34-25(31)21-15(2)28-19-9-8-10-20(22(19)23(21)27)35-14-26(3,4)29-24(30)16-11-17(32-5)13-18(12-16)33-6/h8-13H,7,14H2,1-6H3,(H2,27,28)(H,29,30). The number of ether oxygens (including phenoxy) is 4. The summed E-state index contributed by atoms with van der Waals surface area (Å²) in [6.07, 6.45) is 0. The first kappa shape index (κ1) is 25.6. The number of pyridine rings is 1. The monoisotopic (exact) mass is 481 g/mol. The second-order valence-electron chi connectivity index (χ2n) is 8.58. The Morgan fingerprint density at radius 2 is 1.74 bits per heavy atom. The number of fused-ring (bicyclic) bond motifs is 1. The maximum absolute atomic E-state index is 12.9. The molecule has 35 heavy (non-hydrogen) atoms. The van der Waals surface area contributed by atoms with Crippen LogP contribution in [0.5, 0.6) is 17.2 Å². The highest BCUT2D eigenvalue weighted by Gasteiger charge is 2.25. The Hall–Kier alpha value is -4.01. The first-order valence-electron chi connectivity index (χ1n) is 11.1. The Bertz CT molecular complexity index is 1230. The molecule has 0 atom stereocenters. The van der Waals surface area contributed by atoms with Crippen molar-refractivity contribution in [1.29, 1.82) is 0 Å². The van der Waals surface area contributed by atoms with E-state index in [0.29, 0.717) is 39.4 Å². The Balaban J connectivity index is 1.85. The summed E-state index contributed by atoms with van der Waals surface area (Å²) in [6, 6.07) is 10.3. The van der Waals surface area contributed by atoms with E-state index < -0.39 is 11.5 Å². The molecule has 9 heteroatoms. The highest BCUT2D eigenvalue weighted by molar-refractivity contribution is 6.07. The molecule has 0 fully saturated rings. The molecule has 0 bridgehead atoms. The topological polar surface area (TPSA) is 122 Å². The largest absolute Gasteiger partial charge is 0.497 e. The molecule has 0 radical (unpaired) electrons. The van der Waals surface area contributed by atoms with Gasteiger partial charge >= 0.3 is 5.97 Å². The van der Waals surface area contributed by atoms with Crippen LogP contribution in [0.1, 0.15) is 47.2 Å². The molecule has 0 aliphatic heterocycles. The lowest BCUT2D eigenvalue weighted by atomic mass is 10.0. The normalized spacial score (nSPS) is 11.1. The van der Waals surface area contributed by atoms with Gasteiger partial charge in [0.05, 0.1) is 48.6 Å². The highest BCUT2D eigenvalue weighted by atomic mass is 16.5. The van der Waals surface area contributed by atoms with Gasteiger partial charge in [0.2, 0.25) is 0 Å². The Morgan fingerprint density at radius 3 is 2.34 bits per heavy atom. The third-order valence-electron chi connectivity index (χ3n) is 5.33. The average Bonchev–Trinajstić information content (AvgIpc) is 2.82. The van der Waals surface area contributed by atoms with E-state index in [0.717, 1.165) is 0 Å². The molecule has 9 nitrogen and oxygen atoms in total. The van der Waals surface area contributed by atoms with Crippen molar-refractivity contribution in [2.75, 3.05) is 33.2 Å². The van der Waals surface area contributed by atoms with Gasteiger partial charge in [-0.05, 0) is 52.0 Å². The van der Waals surface area contributed by atoms with Gasteiger partial charge < -0.3 is 30.0 Å².